The summed E-state index contributed by atoms with van der Waals surface area (Å²) >= 11 is 0. The second-order valence-electron chi connectivity index (χ2n) is 23.1. The van der Waals surface area contributed by atoms with Crippen molar-refractivity contribution < 1.29 is 0 Å². The zero-order chi connectivity index (χ0) is 58.4. The lowest BCUT2D eigenvalue weighted by molar-refractivity contribution is 0.970. The Balaban J connectivity index is 0.989. The quantitative estimate of drug-likeness (QED) is 0.121. The molecular weight excluding hydrogens is 1100 g/mol. The molecule has 2 aliphatic heterocycles. The summed E-state index contributed by atoms with van der Waals surface area (Å²) in [5, 5.41) is 11.0. The van der Waals surface area contributed by atoms with Crippen LogP contribution in [0.2, 0.25) is 0 Å². The first-order chi connectivity index (χ1) is 43.7. The maximum atomic E-state index is 5.95. The van der Waals surface area contributed by atoms with Crippen LogP contribution in [0.25, 0.3) is 56.4 Å². The zero-order valence-electron chi connectivity index (χ0n) is 48.4. The van der Waals surface area contributed by atoms with Crippen LogP contribution in [-0.4, -0.2) is 31.1 Å². The fourth-order valence-electron chi connectivity index (χ4n) is 15.2. The van der Waals surface area contributed by atoms with Crippen molar-refractivity contribution in [2.45, 2.75) is 11.8 Å². The van der Waals surface area contributed by atoms with E-state index in [9.17, 15) is 0 Å². The first kappa shape index (κ1) is 52.8. The lowest BCUT2D eigenvalue weighted by atomic mass is 9.78. The number of aromatic nitrogens is 3. The lowest BCUT2D eigenvalue weighted by Crippen LogP contribution is -2.77. The van der Waals surface area contributed by atoms with Crippen molar-refractivity contribution in [3.05, 3.63) is 379 Å². The average molecular weight is 1150 g/mol. The van der Waals surface area contributed by atoms with Crippen molar-refractivity contribution in [2.75, 3.05) is 0 Å². The van der Waals surface area contributed by atoms with E-state index in [4.69, 9.17) is 15.0 Å². The van der Waals surface area contributed by atoms with Crippen molar-refractivity contribution in [3.63, 3.8) is 0 Å². The number of fused-ring (bicyclic) bond motifs is 4. The molecule has 0 spiro atoms. The van der Waals surface area contributed by atoms with Gasteiger partial charge in [-0.05, 0) is 97.1 Å². The monoisotopic (exact) mass is 1150 g/mol. The minimum absolute atomic E-state index is 0.210. The number of rotatable bonds is 11. The van der Waals surface area contributed by atoms with Crippen LogP contribution >= 0.6 is 0 Å². The Morgan fingerprint density at radius 1 is 0.193 bits per heavy atom. The van der Waals surface area contributed by atoms with E-state index in [1.165, 1.54) is 63.7 Å². The van der Waals surface area contributed by atoms with E-state index >= 15 is 0 Å². The Hall–Kier alpha value is -10.7. The molecule has 0 radical (unpaired) electrons. The lowest BCUT2D eigenvalue weighted by Gasteiger charge is -2.44. The van der Waals surface area contributed by atoms with E-state index in [2.05, 4.69) is 346 Å². The third kappa shape index (κ3) is 8.49. The predicted molar refractivity (Wildman–Crippen MR) is 369 cm³/mol. The molecule has 13 aromatic carbocycles. The van der Waals surface area contributed by atoms with Gasteiger partial charge in [-0.15, -0.1) is 0 Å². The molecule has 2 aliphatic rings. The van der Waals surface area contributed by atoms with Crippen molar-refractivity contribution in [2.24, 2.45) is 0 Å². The van der Waals surface area contributed by atoms with E-state index in [-0.39, 0.29) is 11.8 Å². The molecule has 0 atom stereocenters. The number of hydrogen-bond donors (Lipinski definition) is 0. The van der Waals surface area contributed by atoms with Gasteiger partial charge in [0, 0.05) is 28.5 Å². The van der Waals surface area contributed by atoms with Gasteiger partial charge in [0.15, 0.2) is 33.6 Å². The highest BCUT2D eigenvalue weighted by atomic mass is 28.3. The summed E-state index contributed by atoms with van der Waals surface area (Å²) in [5.74, 6) is 1.43. The first-order valence-corrected chi connectivity index (χ1v) is 34.5. The number of nitrogens with zero attached hydrogens (tertiary/aromatic N) is 3. The molecule has 0 N–H and O–H groups in total. The molecule has 0 saturated carbocycles. The SMILES string of the molecule is c1ccc(-c2nc(-c3cccc(-c4ccccc4)c3C3c4ccccc4[Si](c4ccccc4)(c4ccccc4)c4ccccc43)nc(-c3cccc(-c4ccccc4)c3C3c4ccccc4[Si](c4ccccc4)(c4ccccc4)c4ccccc43)n2)cc1. The summed E-state index contributed by atoms with van der Waals surface area (Å²) in [6.45, 7) is 0. The molecule has 5 heteroatoms. The predicted octanol–water partition coefficient (Wildman–Crippen LogP) is 13.9. The summed E-state index contributed by atoms with van der Waals surface area (Å²) in [6, 6.07) is 128. The van der Waals surface area contributed by atoms with E-state index in [1.54, 1.807) is 0 Å². The Kier molecular flexibility index (Phi) is 13.4. The highest BCUT2D eigenvalue weighted by Gasteiger charge is 2.51. The molecule has 0 aliphatic carbocycles. The van der Waals surface area contributed by atoms with Gasteiger partial charge in [-0.3, -0.25) is 0 Å². The van der Waals surface area contributed by atoms with Crippen LogP contribution in [0.15, 0.2) is 346 Å². The van der Waals surface area contributed by atoms with Gasteiger partial charge in [0.1, 0.15) is 0 Å². The molecule has 14 aromatic rings. The highest BCUT2D eigenvalue weighted by Crippen LogP contribution is 2.48. The van der Waals surface area contributed by atoms with Crippen LogP contribution in [0.4, 0.5) is 0 Å². The van der Waals surface area contributed by atoms with Crippen LogP contribution < -0.4 is 41.5 Å². The van der Waals surface area contributed by atoms with Crippen LogP contribution in [0.3, 0.4) is 0 Å². The third-order valence-electron chi connectivity index (χ3n) is 18.6. The summed E-state index contributed by atoms with van der Waals surface area (Å²) in [7, 11) is -5.89. The standard InChI is InChI=1S/C83H59N3Si2/c1-8-32-58(33-9-1)65-50-30-52-71(77(65)79-67-46-22-26-54-73(67)87(61-38-14-4-15-39-61,62-40-16-5-17-41-62)74-55-27-23-47-68(74)79)82-84-81(60-36-12-3-13-37-60)85-83(86-82)72-53-31-51-66(59-34-10-2-11-35-59)78(72)80-69-48-24-28-56-75(69)88(63-42-18-6-19-43-63,64-44-20-7-21-45-64)76-57-29-25-49-70(76)80/h1-57,79-80H. The van der Waals surface area contributed by atoms with Gasteiger partial charge in [-0.25, -0.2) is 15.0 Å². The van der Waals surface area contributed by atoms with Gasteiger partial charge in [0.2, 0.25) is 0 Å². The van der Waals surface area contributed by atoms with E-state index in [0.717, 1.165) is 50.1 Å². The molecule has 0 unspecified atom stereocenters. The molecule has 0 saturated heterocycles. The summed E-state index contributed by atoms with van der Waals surface area (Å²) in [4.78, 5) is 17.3. The average Bonchev–Trinajstić information content (AvgIpc) is 0.861. The Bertz CT molecular complexity index is 4390. The zero-order valence-corrected chi connectivity index (χ0v) is 50.4. The topological polar surface area (TPSA) is 38.7 Å². The summed E-state index contributed by atoms with van der Waals surface area (Å²) in [5.41, 5.74) is 14.8. The summed E-state index contributed by atoms with van der Waals surface area (Å²) < 4.78 is 0. The van der Waals surface area contributed by atoms with Gasteiger partial charge < -0.3 is 0 Å². The second-order valence-corrected chi connectivity index (χ2v) is 30.6. The first-order valence-electron chi connectivity index (χ1n) is 30.5. The van der Waals surface area contributed by atoms with E-state index < -0.39 is 16.1 Å². The fourth-order valence-corrected chi connectivity index (χ4v) is 25.7. The maximum absolute atomic E-state index is 5.95. The van der Waals surface area contributed by atoms with Crippen LogP contribution in [0.5, 0.6) is 0 Å². The molecular formula is C83H59N3Si2. The van der Waals surface area contributed by atoms with Gasteiger partial charge >= 0.3 is 0 Å². The second kappa shape index (κ2) is 22.3. The van der Waals surface area contributed by atoms with Crippen LogP contribution in [-0.2, 0) is 0 Å². The molecule has 0 amide bonds. The van der Waals surface area contributed by atoms with Gasteiger partial charge in [0.05, 0.1) is 0 Å². The molecule has 0 fully saturated rings. The minimum Gasteiger partial charge on any atom is -0.208 e. The fraction of sp³-hybridized carbons (Fsp3) is 0.0241. The Morgan fingerprint density at radius 2 is 0.432 bits per heavy atom. The number of benzene rings is 13. The largest absolute Gasteiger partial charge is 0.208 e. The normalized spacial score (nSPS) is 13.8. The van der Waals surface area contributed by atoms with Crippen LogP contribution in [0, 0.1) is 0 Å². The molecule has 0 bridgehead atoms. The van der Waals surface area contributed by atoms with E-state index in [1.807, 2.05) is 0 Å². The van der Waals surface area contributed by atoms with Crippen molar-refractivity contribution in [1.82, 2.24) is 15.0 Å². The van der Waals surface area contributed by atoms with Gasteiger partial charge in [-0.1, -0.05) is 346 Å². The van der Waals surface area contributed by atoms with E-state index in [0.29, 0.717) is 17.5 Å². The maximum Gasteiger partial charge on any atom is 0.180 e. The van der Waals surface area contributed by atoms with Crippen molar-refractivity contribution in [1.29, 1.82) is 0 Å². The van der Waals surface area contributed by atoms with Gasteiger partial charge in [0.25, 0.3) is 0 Å². The van der Waals surface area contributed by atoms with Crippen molar-refractivity contribution in [3.8, 4) is 56.4 Å². The number of hydrogen-bond acceptors (Lipinski definition) is 3. The minimum atomic E-state index is -2.94. The van der Waals surface area contributed by atoms with Crippen molar-refractivity contribution >= 4 is 57.6 Å². The molecule has 3 nitrogen and oxygen atoms in total. The molecule has 1 aromatic heterocycles. The molecule has 16 rings (SSSR count). The Labute approximate surface area is 516 Å². The molecule has 88 heavy (non-hydrogen) atoms. The molecule has 3 heterocycles. The van der Waals surface area contributed by atoms with Crippen LogP contribution in [0.1, 0.15) is 45.2 Å². The van der Waals surface area contributed by atoms with Gasteiger partial charge in [-0.2, -0.15) is 0 Å². The third-order valence-corrected chi connectivity index (χ3v) is 28.5. The summed E-state index contributed by atoms with van der Waals surface area (Å²) in [6.07, 6.45) is 0. The smallest absolute Gasteiger partial charge is 0.180 e. The Morgan fingerprint density at radius 3 is 0.739 bits per heavy atom. The molecule has 414 valence electrons. The highest BCUT2D eigenvalue weighted by molar-refractivity contribution is 7.21.